The SMILES string of the molecule is Cc1cc(/C=C2\SC(=NCc3ccccc3)N(Cc3ccccc3)C2=O)c(C)n1-c1ccc(F)c(Cl)c1. The number of thioether (sulfide) groups is 1. The first kappa shape index (κ1) is 25.1. The van der Waals surface area contributed by atoms with Gasteiger partial charge in [-0.05, 0) is 72.6 Å². The Balaban J connectivity index is 1.49. The number of amidine groups is 1. The summed E-state index contributed by atoms with van der Waals surface area (Å²) in [7, 11) is 0. The summed E-state index contributed by atoms with van der Waals surface area (Å²) in [4.78, 5) is 20.7. The van der Waals surface area contributed by atoms with E-state index >= 15 is 0 Å². The standard InChI is InChI=1S/C30H25ClFN3OS/c1-20-15-24(21(2)35(20)25-13-14-27(32)26(31)17-25)16-28-29(36)34(19-23-11-7-4-8-12-23)30(37-28)33-18-22-9-5-3-6-10-22/h3-17H,18-19H2,1-2H3/b28-16-,33-30?. The zero-order valence-electron chi connectivity index (χ0n) is 20.5. The van der Waals surface area contributed by atoms with E-state index in [1.165, 1.54) is 17.8 Å². The van der Waals surface area contributed by atoms with Crippen LogP contribution in [0, 0.1) is 19.7 Å². The largest absolute Gasteiger partial charge is 0.318 e. The van der Waals surface area contributed by atoms with E-state index in [4.69, 9.17) is 16.6 Å². The third-order valence-corrected chi connectivity index (χ3v) is 7.56. The zero-order valence-corrected chi connectivity index (χ0v) is 22.1. The van der Waals surface area contributed by atoms with E-state index in [1.807, 2.05) is 91.2 Å². The van der Waals surface area contributed by atoms with Gasteiger partial charge in [0.05, 0.1) is 23.0 Å². The van der Waals surface area contributed by atoms with Crippen LogP contribution in [0.15, 0.2) is 94.8 Å². The van der Waals surface area contributed by atoms with Gasteiger partial charge >= 0.3 is 0 Å². The lowest BCUT2D eigenvalue weighted by atomic mass is 10.2. The molecule has 1 aliphatic rings. The number of hydrogen-bond acceptors (Lipinski definition) is 3. The van der Waals surface area contributed by atoms with Gasteiger partial charge in [-0.2, -0.15) is 0 Å². The number of amides is 1. The first-order valence-corrected chi connectivity index (χ1v) is 13.1. The molecule has 0 saturated carbocycles. The highest BCUT2D eigenvalue weighted by Crippen LogP contribution is 2.35. The van der Waals surface area contributed by atoms with Crippen molar-refractivity contribution in [3.63, 3.8) is 0 Å². The van der Waals surface area contributed by atoms with Gasteiger partial charge in [0.1, 0.15) is 5.82 Å². The molecule has 7 heteroatoms. The Kier molecular flexibility index (Phi) is 7.31. The summed E-state index contributed by atoms with van der Waals surface area (Å²) in [6.07, 6.45) is 1.92. The normalized spacial score (nSPS) is 15.8. The molecule has 1 saturated heterocycles. The molecule has 1 aromatic heterocycles. The average molecular weight is 530 g/mol. The molecule has 0 N–H and O–H groups in total. The van der Waals surface area contributed by atoms with Crippen LogP contribution in [0.4, 0.5) is 4.39 Å². The second kappa shape index (κ2) is 10.8. The highest BCUT2D eigenvalue weighted by atomic mass is 35.5. The molecule has 5 rings (SSSR count). The third-order valence-electron chi connectivity index (χ3n) is 6.23. The quantitative estimate of drug-likeness (QED) is 0.242. The van der Waals surface area contributed by atoms with Gasteiger partial charge in [-0.15, -0.1) is 0 Å². The van der Waals surface area contributed by atoms with E-state index < -0.39 is 5.82 Å². The first-order valence-electron chi connectivity index (χ1n) is 11.9. The Morgan fingerprint density at radius 3 is 2.30 bits per heavy atom. The summed E-state index contributed by atoms with van der Waals surface area (Å²) in [5.41, 5.74) is 5.70. The zero-order chi connectivity index (χ0) is 25.9. The topological polar surface area (TPSA) is 37.6 Å². The summed E-state index contributed by atoms with van der Waals surface area (Å²) in [5.74, 6) is -0.528. The highest BCUT2D eigenvalue weighted by molar-refractivity contribution is 8.18. The molecule has 0 radical (unpaired) electrons. The van der Waals surface area contributed by atoms with Crippen LogP contribution in [0.3, 0.4) is 0 Å². The molecule has 0 spiro atoms. The van der Waals surface area contributed by atoms with Crippen molar-refractivity contribution >= 4 is 40.5 Å². The van der Waals surface area contributed by atoms with Crippen LogP contribution in [-0.4, -0.2) is 20.5 Å². The third kappa shape index (κ3) is 5.41. The number of rotatable bonds is 6. The Labute approximate surface area is 225 Å². The number of aromatic nitrogens is 1. The second-order valence-corrected chi connectivity index (χ2v) is 10.2. The molecule has 3 aromatic carbocycles. The Morgan fingerprint density at radius 2 is 1.62 bits per heavy atom. The molecular weight excluding hydrogens is 505 g/mol. The van der Waals surface area contributed by atoms with Crippen molar-refractivity contribution < 1.29 is 9.18 Å². The Hall–Kier alpha value is -3.61. The van der Waals surface area contributed by atoms with Gasteiger partial charge in [0, 0.05) is 17.1 Å². The fraction of sp³-hybridized carbons (Fsp3) is 0.133. The monoisotopic (exact) mass is 529 g/mol. The maximum Gasteiger partial charge on any atom is 0.267 e. The van der Waals surface area contributed by atoms with Crippen LogP contribution in [0.2, 0.25) is 5.02 Å². The molecule has 4 nitrogen and oxygen atoms in total. The van der Waals surface area contributed by atoms with Crippen molar-refractivity contribution in [2.24, 2.45) is 4.99 Å². The van der Waals surface area contributed by atoms with Gasteiger partial charge in [0.25, 0.3) is 5.91 Å². The Morgan fingerprint density at radius 1 is 0.946 bits per heavy atom. The van der Waals surface area contributed by atoms with Gasteiger partial charge in [0.2, 0.25) is 0 Å². The fourth-order valence-corrected chi connectivity index (χ4v) is 5.51. The number of benzene rings is 3. The lowest BCUT2D eigenvalue weighted by Gasteiger charge is -2.15. The summed E-state index contributed by atoms with van der Waals surface area (Å²) in [6, 6.07) is 26.6. The van der Waals surface area contributed by atoms with Crippen LogP contribution in [0.25, 0.3) is 11.8 Å². The highest BCUT2D eigenvalue weighted by Gasteiger charge is 2.33. The maximum absolute atomic E-state index is 13.7. The van der Waals surface area contributed by atoms with E-state index in [1.54, 1.807) is 17.0 Å². The van der Waals surface area contributed by atoms with E-state index in [2.05, 4.69) is 0 Å². The smallest absolute Gasteiger partial charge is 0.267 e. The first-order chi connectivity index (χ1) is 17.9. The number of carbonyl (C=O) groups excluding carboxylic acids is 1. The molecule has 4 aromatic rings. The average Bonchev–Trinajstić information content (AvgIpc) is 3.35. The molecule has 1 aliphatic heterocycles. The van der Waals surface area contributed by atoms with E-state index in [0.29, 0.717) is 23.2 Å². The molecule has 186 valence electrons. The van der Waals surface area contributed by atoms with Gasteiger partial charge in [-0.25, -0.2) is 4.39 Å². The van der Waals surface area contributed by atoms with Crippen molar-refractivity contribution in [1.29, 1.82) is 0 Å². The van der Waals surface area contributed by atoms with Crippen LogP contribution < -0.4 is 0 Å². The minimum Gasteiger partial charge on any atom is -0.318 e. The predicted octanol–water partition coefficient (Wildman–Crippen LogP) is 7.56. The van der Waals surface area contributed by atoms with E-state index in [9.17, 15) is 9.18 Å². The van der Waals surface area contributed by atoms with Crippen molar-refractivity contribution in [3.05, 3.63) is 129 Å². The van der Waals surface area contributed by atoms with Crippen LogP contribution in [0.1, 0.15) is 28.1 Å². The second-order valence-electron chi connectivity index (χ2n) is 8.83. The molecule has 1 fully saturated rings. The number of aryl methyl sites for hydroxylation is 1. The van der Waals surface area contributed by atoms with Crippen molar-refractivity contribution in [3.8, 4) is 5.69 Å². The van der Waals surface area contributed by atoms with E-state index in [-0.39, 0.29) is 10.9 Å². The van der Waals surface area contributed by atoms with Crippen molar-refractivity contribution in [2.45, 2.75) is 26.9 Å². The molecule has 1 amide bonds. The van der Waals surface area contributed by atoms with Gasteiger partial charge in [0.15, 0.2) is 5.17 Å². The Bertz CT molecular complexity index is 1510. The molecule has 0 unspecified atom stereocenters. The minimum atomic E-state index is -0.455. The van der Waals surface area contributed by atoms with Gasteiger partial charge < -0.3 is 4.57 Å². The summed E-state index contributed by atoms with van der Waals surface area (Å²) in [5, 5.41) is 0.755. The molecule has 0 atom stereocenters. The van der Waals surface area contributed by atoms with Crippen LogP contribution in [0.5, 0.6) is 0 Å². The molecule has 2 heterocycles. The lowest BCUT2D eigenvalue weighted by molar-refractivity contribution is -0.122. The molecule has 0 bridgehead atoms. The predicted molar refractivity (Wildman–Crippen MR) is 150 cm³/mol. The van der Waals surface area contributed by atoms with Crippen molar-refractivity contribution in [1.82, 2.24) is 9.47 Å². The number of carbonyl (C=O) groups is 1. The fourth-order valence-electron chi connectivity index (χ4n) is 4.37. The maximum atomic E-state index is 13.7. The van der Waals surface area contributed by atoms with E-state index in [0.717, 1.165) is 33.8 Å². The van der Waals surface area contributed by atoms with Crippen LogP contribution >= 0.6 is 23.4 Å². The number of nitrogens with zero attached hydrogens (tertiary/aromatic N) is 3. The number of hydrogen-bond donors (Lipinski definition) is 0. The minimum absolute atomic E-state index is 0.0715. The molecule has 37 heavy (non-hydrogen) atoms. The summed E-state index contributed by atoms with van der Waals surface area (Å²) < 4.78 is 15.7. The molecule has 0 aliphatic carbocycles. The molecular formula is C30H25ClFN3OS. The van der Waals surface area contributed by atoms with Gasteiger partial charge in [-0.1, -0.05) is 72.3 Å². The number of aliphatic imine (C=N–C) groups is 1. The van der Waals surface area contributed by atoms with Crippen LogP contribution in [-0.2, 0) is 17.9 Å². The van der Waals surface area contributed by atoms with Gasteiger partial charge in [-0.3, -0.25) is 14.7 Å². The summed E-state index contributed by atoms with van der Waals surface area (Å²) in [6.45, 7) is 4.90. The summed E-state index contributed by atoms with van der Waals surface area (Å²) >= 11 is 7.43. The number of halogens is 2. The van der Waals surface area contributed by atoms with Crippen molar-refractivity contribution in [2.75, 3.05) is 0 Å². The lowest BCUT2D eigenvalue weighted by Crippen LogP contribution is -2.28.